The van der Waals surface area contributed by atoms with Crippen LogP contribution in [0.5, 0.6) is 5.75 Å². The molecule has 0 bridgehead atoms. The van der Waals surface area contributed by atoms with E-state index in [4.69, 9.17) is 9.94 Å². The van der Waals surface area contributed by atoms with E-state index in [2.05, 4.69) is 9.88 Å². The second-order valence-electron chi connectivity index (χ2n) is 6.82. The van der Waals surface area contributed by atoms with Crippen LogP contribution in [0.25, 0.3) is 21.8 Å². The minimum Gasteiger partial charge on any atom is -0.483 e. The molecule has 0 fully saturated rings. The molecular formula is C23H21N3O4. The Morgan fingerprint density at radius 3 is 2.33 bits per heavy atom. The molecule has 0 aliphatic carbocycles. The molecule has 4 aromatic rings. The Bertz CT molecular complexity index is 1230. The summed E-state index contributed by atoms with van der Waals surface area (Å²) in [5.74, 6) is -0.405. The third kappa shape index (κ3) is 3.46. The summed E-state index contributed by atoms with van der Waals surface area (Å²) in [5.41, 5.74) is 4.97. The van der Waals surface area contributed by atoms with Gasteiger partial charge < -0.3 is 14.6 Å². The Balaban J connectivity index is 1.98. The number of fused-ring (bicyclic) bond motifs is 3. The molecule has 3 aromatic carbocycles. The van der Waals surface area contributed by atoms with Gasteiger partial charge in [-0.2, -0.15) is 0 Å². The van der Waals surface area contributed by atoms with Gasteiger partial charge >= 0.3 is 0 Å². The van der Waals surface area contributed by atoms with Crippen molar-refractivity contribution >= 4 is 33.6 Å². The summed E-state index contributed by atoms with van der Waals surface area (Å²) in [5, 5.41) is 13.0. The molecule has 0 aliphatic heterocycles. The zero-order valence-corrected chi connectivity index (χ0v) is 16.4. The molecule has 1 aromatic heterocycles. The van der Waals surface area contributed by atoms with Gasteiger partial charge in [0.2, 0.25) is 0 Å². The van der Waals surface area contributed by atoms with Crippen LogP contribution in [0.3, 0.4) is 0 Å². The van der Waals surface area contributed by atoms with Gasteiger partial charge in [0.05, 0.1) is 16.4 Å². The smallest absolute Gasteiger partial charge is 0.281 e. The van der Waals surface area contributed by atoms with Crippen LogP contribution in [0.1, 0.15) is 15.9 Å². The molecule has 0 atom stereocenters. The first kappa shape index (κ1) is 19.5. The van der Waals surface area contributed by atoms with Crippen LogP contribution in [0.15, 0.2) is 66.7 Å². The fraction of sp³-hybridized carbons (Fsp3) is 0.130. The fourth-order valence-electron chi connectivity index (χ4n) is 3.71. The lowest BCUT2D eigenvalue weighted by Gasteiger charge is -2.09. The molecule has 0 radical (unpaired) electrons. The summed E-state index contributed by atoms with van der Waals surface area (Å²) in [6.07, 6.45) is 0. The van der Waals surface area contributed by atoms with E-state index in [0.717, 1.165) is 27.4 Å². The molecule has 7 heteroatoms. The summed E-state index contributed by atoms with van der Waals surface area (Å²) in [7, 11) is 1.59. The predicted octanol–water partition coefficient (Wildman–Crippen LogP) is 3.09. The highest BCUT2D eigenvalue weighted by Gasteiger charge is 2.20. The van der Waals surface area contributed by atoms with E-state index in [1.165, 1.54) is 0 Å². The Morgan fingerprint density at radius 2 is 1.63 bits per heavy atom. The van der Waals surface area contributed by atoms with Gasteiger partial charge in [-0.3, -0.25) is 14.8 Å². The van der Waals surface area contributed by atoms with Crippen molar-refractivity contribution in [2.45, 2.75) is 6.54 Å². The van der Waals surface area contributed by atoms with Gasteiger partial charge in [-0.1, -0.05) is 42.5 Å². The lowest BCUT2D eigenvalue weighted by atomic mass is 10.1. The van der Waals surface area contributed by atoms with Crippen molar-refractivity contribution in [2.75, 3.05) is 13.7 Å². The van der Waals surface area contributed by atoms with Gasteiger partial charge in [-0.15, -0.1) is 0 Å². The van der Waals surface area contributed by atoms with Gasteiger partial charge in [0, 0.05) is 24.5 Å². The van der Waals surface area contributed by atoms with Crippen LogP contribution in [0, 0.1) is 0 Å². The highest BCUT2D eigenvalue weighted by atomic mass is 16.5. The largest absolute Gasteiger partial charge is 0.483 e. The number of nitrogens with zero attached hydrogens (tertiary/aromatic N) is 1. The maximum Gasteiger partial charge on any atom is 0.281 e. The standard InChI is InChI=1S/C23H21N3O4/c1-24-23(28)16-9-5-10-17-21(16)22-18(26(17)13-15-7-3-2-4-8-15)11-6-12-19(22)30-14-20(27)25-29/h2-12,29H,13-14H2,1H3,(H,24,28)(H,25,27). The normalized spacial score (nSPS) is 10.9. The third-order valence-electron chi connectivity index (χ3n) is 5.02. The van der Waals surface area contributed by atoms with Crippen LogP contribution >= 0.6 is 0 Å². The molecular weight excluding hydrogens is 382 g/mol. The molecule has 30 heavy (non-hydrogen) atoms. The summed E-state index contributed by atoms with van der Waals surface area (Å²) < 4.78 is 7.83. The van der Waals surface area contributed by atoms with Crippen LogP contribution in [-0.4, -0.2) is 35.2 Å². The van der Waals surface area contributed by atoms with Crippen LogP contribution in [-0.2, 0) is 11.3 Å². The van der Waals surface area contributed by atoms with Crippen molar-refractivity contribution < 1.29 is 19.5 Å². The lowest BCUT2D eigenvalue weighted by molar-refractivity contribution is -0.131. The molecule has 0 saturated carbocycles. The molecule has 7 nitrogen and oxygen atoms in total. The maximum absolute atomic E-state index is 12.6. The highest BCUT2D eigenvalue weighted by Crippen LogP contribution is 2.38. The number of carbonyl (C=O) groups is 2. The lowest BCUT2D eigenvalue weighted by Crippen LogP contribution is -2.25. The molecule has 3 N–H and O–H groups in total. The highest BCUT2D eigenvalue weighted by molar-refractivity contribution is 6.20. The Kier molecular flexibility index (Phi) is 5.36. The summed E-state index contributed by atoms with van der Waals surface area (Å²) >= 11 is 0. The van der Waals surface area contributed by atoms with E-state index in [-0.39, 0.29) is 12.5 Å². The van der Waals surface area contributed by atoms with Gasteiger partial charge in [0.1, 0.15) is 5.75 Å². The van der Waals surface area contributed by atoms with E-state index in [0.29, 0.717) is 17.9 Å². The number of rotatable bonds is 6. The number of amides is 2. The number of hydrogen-bond acceptors (Lipinski definition) is 4. The second kappa shape index (κ2) is 8.26. The number of aromatic nitrogens is 1. The molecule has 0 unspecified atom stereocenters. The van der Waals surface area contributed by atoms with E-state index in [1.54, 1.807) is 24.7 Å². The molecule has 152 valence electrons. The van der Waals surface area contributed by atoms with E-state index < -0.39 is 5.91 Å². The van der Waals surface area contributed by atoms with Crippen molar-refractivity contribution in [3.8, 4) is 5.75 Å². The van der Waals surface area contributed by atoms with Crippen LogP contribution in [0.2, 0.25) is 0 Å². The fourth-order valence-corrected chi connectivity index (χ4v) is 3.71. The minimum atomic E-state index is -0.661. The third-order valence-corrected chi connectivity index (χ3v) is 5.02. The number of benzene rings is 3. The van der Waals surface area contributed by atoms with Gasteiger partial charge in [0.15, 0.2) is 6.61 Å². The quantitative estimate of drug-likeness (QED) is 0.341. The molecule has 0 spiro atoms. The Morgan fingerprint density at radius 1 is 0.933 bits per heavy atom. The summed E-state index contributed by atoms with van der Waals surface area (Å²) in [4.78, 5) is 24.1. The van der Waals surface area contributed by atoms with Crippen LogP contribution in [0.4, 0.5) is 0 Å². The number of hydroxylamine groups is 1. The minimum absolute atomic E-state index is 0.206. The van der Waals surface area contributed by atoms with Crippen molar-refractivity contribution in [2.24, 2.45) is 0 Å². The maximum atomic E-state index is 12.6. The predicted molar refractivity (Wildman–Crippen MR) is 114 cm³/mol. The number of nitrogens with one attached hydrogen (secondary N) is 2. The molecule has 4 rings (SSSR count). The average Bonchev–Trinajstić information content (AvgIpc) is 3.11. The van der Waals surface area contributed by atoms with Crippen molar-refractivity contribution in [1.82, 2.24) is 15.4 Å². The van der Waals surface area contributed by atoms with E-state index >= 15 is 0 Å². The first-order valence-electron chi connectivity index (χ1n) is 9.49. The Hall–Kier alpha value is -3.84. The first-order chi connectivity index (χ1) is 14.6. The molecule has 2 amide bonds. The molecule has 0 saturated heterocycles. The van der Waals surface area contributed by atoms with Crippen molar-refractivity contribution in [3.05, 3.63) is 77.9 Å². The van der Waals surface area contributed by atoms with Gasteiger partial charge in [-0.05, 0) is 29.8 Å². The van der Waals surface area contributed by atoms with E-state index in [1.807, 2.05) is 54.6 Å². The van der Waals surface area contributed by atoms with Gasteiger partial charge in [0.25, 0.3) is 11.8 Å². The summed E-state index contributed by atoms with van der Waals surface area (Å²) in [6, 6.07) is 21.2. The zero-order valence-electron chi connectivity index (χ0n) is 16.4. The molecule has 0 aliphatic rings. The summed E-state index contributed by atoms with van der Waals surface area (Å²) in [6.45, 7) is 0.266. The number of hydrogen-bond donors (Lipinski definition) is 3. The second-order valence-corrected chi connectivity index (χ2v) is 6.82. The first-order valence-corrected chi connectivity index (χ1v) is 9.49. The van der Waals surface area contributed by atoms with E-state index in [9.17, 15) is 9.59 Å². The van der Waals surface area contributed by atoms with Crippen molar-refractivity contribution in [1.29, 1.82) is 0 Å². The average molecular weight is 403 g/mol. The van der Waals surface area contributed by atoms with Crippen molar-refractivity contribution in [3.63, 3.8) is 0 Å². The molecule has 1 heterocycles. The zero-order chi connectivity index (χ0) is 21.1. The topological polar surface area (TPSA) is 92.6 Å². The SMILES string of the molecule is CNC(=O)c1cccc2c1c1c(OCC(=O)NO)cccc1n2Cc1ccccc1. The number of carbonyl (C=O) groups excluding carboxylic acids is 2. The van der Waals surface area contributed by atoms with Gasteiger partial charge in [-0.25, -0.2) is 5.48 Å². The monoisotopic (exact) mass is 403 g/mol. The number of ether oxygens (including phenoxy) is 1. The Labute approximate surface area is 172 Å². The van der Waals surface area contributed by atoms with Crippen LogP contribution < -0.4 is 15.5 Å².